The van der Waals surface area contributed by atoms with Gasteiger partial charge in [-0.05, 0) is 72.1 Å². The minimum Gasteiger partial charge on any atom is -0.309 e. The van der Waals surface area contributed by atoms with E-state index in [1.54, 1.807) is 0 Å². The Hall–Kier alpha value is 0.310. The van der Waals surface area contributed by atoms with Crippen LogP contribution in [0.2, 0.25) is 0 Å². The van der Waals surface area contributed by atoms with Crippen LogP contribution in [-0.4, -0.2) is 17.3 Å². The fourth-order valence-electron chi connectivity index (χ4n) is 2.86. The lowest BCUT2D eigenvalue weighted by Crippen LogP contribution is -2.34. The maximum Gasteiger partial charge on any atom is 0.334 e. The monoisotopic (exact) mass is 332 g/mol. The van der Waals surface area contributed by atoms with E-state index in [0.29, 0.717) is 11.8 Å². The molecule has 132 valence electrons. The van der Waals surface area contributed by atoms with Gasteiger partial charge in [0.2, 0.25) is 0 Å². The minimum atomic E-state index is -1.33. The second kappa shape index (κ2) is 7.92. The van der Waals surface area contributed by atoms with Crippen molar-refractivity contribution in [1.82, 2.24) is 0 Å². The van der Waals surface area contributed by atoms with Crippen molar-refractivity contribution >= 4 is 8.60 Å². The van der Waals surface area contributed by atoms with E-state index >= 15 is 0 Å². The smallest absolute Gasteiger partial charge is 0.309 e. The molecule has 1 aliphatic rings. The standard InChI is InChI=1S/C18H37O3P/c1-13(2)15-11-10-14(3)12-16(15)19-22(20-17(4,5)6)21-18(7,8)9/h13-16H,10-12H2,1-9H3. The van der Waals surface area contributed by atoms with Gasteiger partial charge in [0.15, 0.2) is 0 Å². The van der Waals surface area contributed by atoms with Crippen LogP contribution in [0.15, 0.2) is 0 Å². The molecule has 0 aromatic rings. The summed E-state index contributed by atoms with van der Waals surface area (Å²) in [5.74, 6) is 1.97. The van der Waals surface area contributed by atoms with Gasteiger partial charge in [0, 0.05) is 0 Å². The molecule has 0 aliphatic heterocycles. The van der Waals surface area contributed by atoms with Crippen molar-refractivity contribution in [3.63, 3.8) is 0 Å². The van der Waals surface area contributed by atoms with Gasteiger partial charge in [-0.25, -0.2) is 0 Å². The molecule has 3 atom stereocenters. The van der Waals surface area contributed by atoms with Crippen LogP contribution in [0.4, 0.5) is 0 Å². The maximum atomic E-state index is 6.41. The molecule has 0 aromatic carbocycles. The molecule has 0 spiro atoms. The second-order valence-electron chi connectivity index (χ2n) is 9.10. The van der Waals surface area contributed by atoms with E-state index in [4.69, 9.17) is 13.6 Å². The van der Waals surface area contributed by atoms with Crippen LogP contribution < -0.4 is 0 Å². The molecule has 1 fully saturated rings. The highest BCUT2D eigenvalue weighted by Gasteiger charge is 2.36. The van der Waals surface area contributed by atoms with Crippen LogP contribution >= 0.6 is 8.60 Å². The van der Waals surface area contributed by atoms with Crippen LogP contribution in [0.5, 0.6) is 0 Å². The predicted octanol–water partition coefficient (Wildman–Crippen LogP) is 6.32. The molecule has 0 amide bonds. The highest BCUT2D eigenvalue weighted by atomic mass is 31.2. The Kier molecular flexibility index (Phi) is 7.33. The molecule has 1 rings (SSSR count). The Balaban J connectivity index is 2.80. The third-order valence-corrected chi connectivity index (χ3v) is 5.72. The lowest BCUT2D eigenvalue weighted by Gasteiger charge is -2.40. The van der Waals surface area contributed by atoms with E-state index < -0.39 is 8.60 Å². The molecule has 0 saturated heterocycles. The number of rotatable bonds is 5. The summed E-state index contributed by atoms with van der Waals surface area (Å²) in [6, 6.07) is 0. The minimum absolute atomic E-state index is 0.250. The van der Waals surface area contributed by atoms with Crippen molar-refractivity contribution in [1.29, 1.82) is 0 Å². The fourth-order valence-corrected chi connectivity index (χ4v) is 4.34. The number of hydrogen-bond acceptors (Lipinski definition) is 3. The van der Waals surface area contributed by atoms with Crippen molar-refractivity contribution in [2.24, 2.45) is 17.8 Å². The van der Waals surface area contributed by atoms with Crippen LogP contribution in [0.25, 0.3) is 0 Å². The highest BCUT2D eigenvalue weighted by molar-refractivity contribution is 7.41. The average molecular weight is 332 g/mol. The van der Waals surface area contributed by atoms with E-state index in [1.165, 1.54) is 12.8 Å². The zero-order valence-corrected chi connectivity index (χ0v) is 17.0. The van der Waals surface area contributed by atoms with E-state index in [1.807, 2.05) is 0 Å². The van der Waals surface area contributed by atoms with Crippen LogP contribution in [0.1, 0.15) is 81.6 Å². The van der Waals surface area contributed by atoms with Gasteiger partial charge in [0.25, 0.3) is 0 Å². The lowest BCUT2D eigenvalue weighted by atomic mass is 9.75. The molecule has 1 saturated carbocycles. The molecule has 22 heavy (non-hydrogen) atoms. The molecule has 3 unspecified atom stereocenters. The molecule has 0 N–H and O–H groups in total. The summed E-state index contributed by atoms with van der Waals surface area (Å²) in [4.78, 5) is 0. The molecule has 4 heteroatoms. The maximum absolute atomic E-state index is 6.41. The van der Waals surface area contributed by atoms with Crippen molar-refractivity contribution < 1.29 is 13.6 Å². The van der Waals surface area contributed by atoms with Gasteiger partial charge >= 0.3 is 8.60 Å². The molecular formula is C18H37O3P. The molecular weight excluding hydrogens is 295 g/mol. The predicted molar refractivity (Wildman–Crippen MR) is 94.8 cm³/mol. The van der Waals surface area contributed by atoms with Crippen molar-refractivity contribution in [3.05, 3.63) is 0 Å². The van der Waals surface area contributed by atoms with E-state index in [-0.39, 0.29) is 17.3 Å². The van der Waals surface area contributed by atoms with E-state index in [2.05, 4.69) is 62.3 Å². The summed E-state index contributed by atoms with van der Waals surface area (Å²) in [7, 11) is -1.33. The third kappa shape index (κ3) is 7.73. The fraction of sp³-hybridized carbons (Fsp3) is 1.00. The summed E-state index contributed by atoms with van der Waals surface area (Å²) in [6.45, 7) is 19.3. The Bertz CT molecular complexity index is 314. The topological polar surface area (TPSA) is 27.7 Å². The molecule has 0 heterocycles. The zero-order valence-electron chi connectivity index (χ0n) is 16.1. The van der Waals surface area contributed by atoms with Gasteiger partial charge in [0.05, 0.1) is 17.3 Å². The second-order valence-corrected chi connectivity index (χ2v) is 10.1. The van der Waals surface area contributed by atoms with Crippen molar-refractivity contribution in [2.45, 2.75) is 98.9 Å². The molecule has 3 nitrogen and oxygen atoms in total. The molecule has 1 aliphatic carbocycles. The number of hydrogen-bond donors (Lipinski definition) is 0. The van der Waals surface area contributed by atoms with Gasteiger partial charge in [-0.15, -0.1) is 0 Å². The van der Waals surface area contributed by atoms with Crippen LogP contribution in [-0.2, 0) is 13.6 Å². The Morgan fingerprint density at radius 3 is 1.82 bits per heavy atom. The first-order valence-corrected chi connectivity index (χ1v) is 9.82. The highest BCUT2D eigenvalue weighted by Crippen LogP contribution is 2.51. The first-order chi connectivity index (χ1) is 9.87. The average Bonchev–Trinajstić information content (AvgIpc) is 2.23. The van der Waals surface area contributed by atoms with Gasteiger partial charge in [-0.2, -0.15) is 0 Å². The first kappa shape index (κ1) is 20.4. The van der Waals surface area contributed by atoms with Crippen molar-refractivity contribution in [2.75, 3.05) is 0 Å². The van der Waals surface area contributed by atoms with Crippen LogP contribution in [0.3, 0.4) is 0 Å². The summed E-state index contributed by atoms with van der Waals surface area (Å²) in [6.07, 6.45) is 3.92. The summed E-state index contributed by atoms with van der Waals surface area (Å²) >= 11 is 0. The lowest BCUT2D eigenvalue weighted by molar-refractivity contribution is -0.0167. The Labute approximate surface area is 139 Å². The SMILES string of the molecule is CC1CCC(C(C)C)C(OP(OC(C)(C)C)OC(C)(C)C)C1. The van der Waals surface area contributed by atoms with Crippen LogP contribution in [0, 0.1) is 17.8 Å². The van der Waals surface area contributed by atoms with Gasteiger partial charge in [-0.1, -0.05) is 27.2 Å². The van der Waals surface area contributed by atoms with Gasteiger partial charge in [-0.3, -0.25) is 0 Å². The van der Waals surface area contributed by atoms with Gasteiger partial charge < -0.3 is 13.6 Å². The van der Waals surface area contributed by atoms with Crippen molar-refractivity contribution in [3.8, 4) is 0 Å². The molecule has 0 radical (unpaired) electrons. The Morgan fingerprint density at radius 1 is 0.909 bits per heavy atom. The summed E-state index contributed by atoms with van der Waals surface area (Å²) in [5.41, 5.74) is -0.519. The van der Waals surface area contributed by atoms with Gasteiger partial charge in [0.1, 0.15) is 0 Å². The quantitative estimate of drug-likeness (QED) is 0.551. The summed E-state index contributed by atoms with van der Waals surface area (Å²) in [5, 5.41) is 0. The largest absolute Gasteiger partial charge is 0.334 e. The van der Waals surface area contributed by atoms with E-state index in [0.717, 1.165) is 12.3 Å². The third-order valence-electron chi connectivity index (χ3n) is 3.88. The van der Waals surface area contributed by atoms with E-state index in [9.17, 15) is 0 Å². The zero-order chi connectivity index (χ0) is 17.1. The first-order valence-electron chi connectivity index (χ1n) is 8.72. The Morgan fingerprint density at radius 2 is 1.41 bits per heavy atom. The normalized spacial score (nSPS) is 27.7. The summed E-state index contributed by atoms with van der Waals surface area (Å²) < 4.78 is 18.6. The molecule has 0 bridgehead atoms. The molecule has 0 aromatic heterocycles.